The molecule has 2 heterocycles. The summed E-state index contributed by atoms with van der Waals surface area (Å²) in [5.74, 6) is -0.0752. The van der Waals surface area contributed by atoms with Crippen molar-refractivity contribution in [2.24, 2.45) is 11.3 Å². The molecule has 1 saturated heterocycles. The van der Waals surface area contributed by atoms with Gasteiger partial charge in [-0.1, -0.05) is 6.92 Å². The van der Waals surface area contributed by atoms with Crippen LogP contribution in [-0.2, 0) is 11.0 Å². The van der Waals surface area contributed by atoms with Gasteiger partial charge >= 0.3 is 6.18 Å². The Morgan fingerprint density at radius 1 is 1.37 bits per heavy atom. The number of halogens is 3. The van der Waals surface area contributed by atoms with Gasteiger partial charge in [-0.05, 0) is 38.2 Å². The summed E-state index contributed by atoms with van der Waals surface area (Å²) >= 11 is 0. The number of likely N-dealkylation sites (tertiary alicyclic amines) is 1. The van der Waals surface area contributed by atoms with Crippen LogP contribution in [0.5, 0.6) is 5.88 Å². The van der Waals surface area contributed by atoms with Gasteiger partial charge in [0, 0.05) is 30.8 Å². The van der Waals surface area contributed by atoms with Crippen LogP contribution in [0.2, 0.25) is 0 Å². The standard InChI is InChI=1S/C19H25F3N2O3/c1-2-13(10-25)17(26)24-11-18(12-24)7-5-15(6-8-18)27-16-4-3-14(9-23-16)19(20,21)22/h3-4,9,13,15,25H,2,5-8,10-12H2,1H3/t13-/m1/s1. The van der Waals surface area contributed by atoms with Crippen LogP contribution in [0, 0.1) is 11.3 Å². The quantitative estimate of drug-likeness (QED) is 0.844. The number of carbonyl (C=O) groups excluding carboxylic acids is 1. The maximum Gasteiger partial charge on any atom is 0.417 e. The Bertz CT molecular complexity index is 643. The lowest BCUT2D eigenvalue weighted by Gasteiger charge is -2.54. The number of hydrogen-bond acceptors (Lipinski definition) is 4. The van der Waals surface area contributed by atoms with Gasteiger partial charge < -0.3 is 14.7 Å². The molecule has 3 rings (SSSR count). The molecule has 2 fully saturated rings. The second-order valence-electron chi connectivity index (χ2n) is 7.68. The zero-order valence-electron chi connectivity index (χ0n) is 15.3. The summed E-state index contributed by atoms with van der Waals surface area (Å²) in [6.07, 6.45) is 0.378. The number of nitrogens with zero attached hydrogens (tertiary/aromatic N) is 2. The van der Waals surface area contributed by atoms with E-state index >= 15 is 0 Å². The minimum atomic E-state index is -4.40. The van der Waals surface area contributed by atoms with Crippen LogP contribution in [0.25, 0.3) is 0 Å². The first-order valence-corrected chi connectivity index (χ1v) is 9.36. The van der Waals surface area contributed by atoms with Crippen LogP contribution >= 0.6 is 0 Å². The summed E-state index contributed by atoms with van der Waals surface area (Å²) in [6, 6.07) is 2.24. The second kappa shape index (κ2) is 7.66. The molecule has 150 valence electrons. The van der Waals surface area contributed by atoms with Gasteiger partial charge in [-0.15, -0.1) is 0 Å². The predicted octanol–water partition coefficient (Wildman–Crippen LogP) is 3.27. The van der Waals surface area contributed by atoms with E-state index in [0.717, 1.165) is 37.9 Å². The molecule has 1 saturated carbocycles. The molecule has 8 heteroatoms. The molecule has 0 aromatic carbocycles. The third-order valence-electron chi connectivity index (χ3n) is 5.77. The molecular weight excluding hydrogens is 361 g/mol. The molecule has 0 unspecified atom stereocenters. The van der Waals surface area contributed by atoms with Crippen molar-refractivity contribution in [3.8, 4) is 5.88 Å². The summed E-state index contributed by atoms with van der Waals surface area (Å²) in [7, 11) is 0. The molecule has 5 nitrogen and oxygen atoms in total. The molecule has 1 aromatic rings. The van der Waals surface area contributed by atoms with E-state index in [1.165, 1.54) is 6.07 Å². The fraction of sp³-hybridized carbons (Fsp3) is 0.684. The zero-order chi connectivity index (χ0) is 19.7. The van der Waals surface area contributed by atoms with Crippen molar-refractivity contribution in [3.63, 3.8) is 0 Å². The zero-order valence-corrected chi connectivity index (χ0v) is 15.3. The van der Waals surface area contributed by atoms with E-state index in [2.05, 4.69) is 4.98 Å². The van der Waals surface area contributed by atoms with Crippen molar-refractivity contribution in [1.82, 2.24) is 9.88 Å². The van der Waals surface area contributed by atoms with E-state index in [4.69, 9.17) is 4.74 Å². The highest BCUT2D eigenvalue weighted by Crippen LogP contribution is 2.45. The van der Waals surface area contributed by atoms with Crippen LogP contribution in [-0.4, -0.2) is 46.7 Å². The van der Waals surface area contributed by atoms with E-state index in [1.807, 2.05) is 11.8 Å². The maximum absolute atomic E-state index is 12.6. The van der Waals surface area contributed by atoms with E-state index in [0.29, 0.717) is 19.5 Å². The Labute approximate surface area is 156 Å². The molecule has 1 aliphatic heterocycles. The lowest BCUT2D eigenvalue weighted by atomic mass is 9.67. The lowest BCUT2D eigenvalue weighted by Crippen LogP contribution is -2.61. The number of carbonyl (C=O) groups is 1. The Hall–Kier alpha value is -1.83. The number of amides is 1. The van der Waals surface area contributed by atoms with Crippen LogP contribution < -0.4 is 4.74 Å². The topological polar surface area (TPSA) is 62.7 Å². The van der Waals surface area contributed by atoms with Crippen molar-refractivity contribution in [1.29, 1.82) is 0 Å². The molecular formula is C19H25F3N2O3. The van der Waals surface area contributed by atoms with Crippen LogP contribution in [0.1, 0.15) is 44.6 Å². The second-order valence-corrected chi connectivity index (χ2v) is 7.68. The van der Waals surface area contributed by atoms with Crippen molar-refractivity contribution in [3.05, 3.63) is 23.9 Å². The van der Waals surface area contributed by atoms with Crippen LogP contribution in [0.15, 0.2) is 18.3 Å². The first-order valence-electron chi connectivity index (χ1n) is 9.36. The normalized spacial score (nSPS) is 21.0. The number of aliphatic hydroxyl groups is 1. The predicted molar refractivity (Wildman–Crippen MR) is 92.0 cm³/mol. The van der Waals surface area contributed by atoms with Gasteiger partial charge in [0.05, 0.1) is 18.1 Å². The molecule has 0 radical (unpaired) electrons. The Kier molecular flexibility index (Phi) is 5.65. The van der Waals surface area contributed by atoms with Crippen molar-refractivity contribution in [2.75, 3.05) is 19.7 Å². The SMILES string of the molecule is CC[C@H](CO)C(=O)N1CC2(CCC(Oc3ccc(C(F)(F)F)cn3)CC2)C1. The Morgan fingerprint density at radius 2 is 2.04 bits per heavy atom. The van der Waals surface area contributed by atoms with E-state index in [-0.39, 0.29) is 35.8 Å². The molecule has 1 amide bonds. The van der Waals surface area contributed by atoms with Gasteiger partial charge in [0.2, 0.25) is 11.8 Å². The van der Waals surface area contributed by atoms with E-state index in [1.54, 1.807) is 0 Å². The lowest BCUT2D eigenvalue weighted by molar-refractivity contribution is -0.152. The summed E-state index contributed by atoms with van der Waals surface area (Å²) in [5, 5.41) is 9.27. The number of alkyl halides is 3. The summed E-state index contributed by atoms with van der Waals surface area (Å²) < 4.78 is 43.5. The van der Waals surface area contributed by atoms with E-state index in [9.17, 15) is 23.1 Å². The van der Waals surface area contributed by atoms with Crippen LogP contribution in [0.4, 0.5) is 13.2 Å². The fourth-order valence-electron chi connectivity index (χ4n) is 3.99. The highest BCUT2D eigenvalue weighted by atomic mass is 19.4. The first kappa shape index (κ1) is 19.9. The number of pyridine rings is 1. The number of aliphatic hydroxyl groups excluding tert-OH is 1. The van der Waals surface area contributed by atoms with Gasteiger partial charge in [0.1, 0.15) is 6.10 Å². The number of rotatable bonds is 5. The van der Waals surface area contributed by atoms with Gasteiger partial charge in [0.25, 0.3) is 0 Å². The Morgan fingerprint density at radius 3 is 2.52 bits per heavy atom. The first-order chi connectivity index (χ1) is 12.8. The summed E-state index contributed by atoms with van der Waals surface area (Å²) in [6.45, 7) is 3.21. The monoisotopic (exact) mass is 386 g/mol. The van der Waals surface area contributed by atoms with Gasteiger partial charge in [-0.25, -0.2) is 4.98 Å². The Balaban J connectivity index is 1.47. The number of hydrogen-bond donors (Lipinski definition) is 1. The number of aromatic nitrogens is 1. The molecule has 1 aromatic heterocycles. The third kappa shape index (κ3) is 4.36. The average Bonchev–Trinajstić information content (AvgIpc) is 2.61. The molecule has 2 aliphatic rings. The minimum Gasteiger partial charge on any atom is -0.474 e. The van der Waals surface area contributed by atoms with Gasteiger partial charge in [-0.2, -0.15) is 13.2 Å². The fourth-order valence-corrected chi connectivity index (χ4v) is 3.99. The smallest absolute Gasteiger partial charge is 0.417 e. The molecule has 1 atom stereocenters. The third-order valence-corrected chi connectivity index (χ3v) is 5.77. The maximum atomic E-state index is 12.6. The summed E-state index contributed by atoms with van der Waals surface area (Å²) in [4.78, 5) is 17.9. The molecule has 1 spiro atoms. The van der Waals surface area contributed by atoms with Crippen molar-refractivity contribution >= 4 is 5.91 Å². The number of ether oxygens (including phenoxy) is 1. The van der Waals surface area contributed by atoms with Crippen molar-refractivity contribution < 1.29 is 27.8 Å². The van der Waals surface area contributed by atoms with Crippen molar-refractivity contribution in [2.45, 2.75) is 51.3 Å². The minimum absolute atomic E-state index is 0.0259. The highest BCUT2D eigenvalue weighted by Gasteiger charge is 2.48. The molecule has 1 aliphatic carbocycles. The van der Waals surface area contributed by atoms with Gasteiger partial charge in [0.15, 0.2) is 0 Å². The molecule has 0 bridgehead atoms. The molecule has 1 N–H and O–H groups in total. The van der Waals surface area contributed by atoms with E-state index < -0.39 is 11.7 Å². The summed E-state index contributed by atoms with van der Waals surface area (Å²) in [5.41, 5.74) is -0.665. The average molecular weight is 386 g/mol. The highest BCUT2D eigenvalue weighted by molar-refractivity contribution is 5.80. The molecule has 27 heavy (non-hydrogen) atoms. The van der Waals surface area contributed by atoms with Gasteiger partial charge in [-0.3, -0.25) is 4.79 Å². The largest absolute Gasteiger partial charge is 0.474 e. The van der Waals surface area contributed by atoms with Crippen LogP contribution in [0.3, 0.4) is 0 Å².